The van der Waals surface area contributed by atoms with E-state index in [1.54, 1.807) is 19.9 Å². The van der Waals surface area contributed by atoms with Gasteiger partial charge in [0.05, 0.1) is 20.8 Å². The van der Waals surface area contributed by atoms with Gasteiger partial charge in [0.2, 0.25) is 10.0 Å². The lowest BCUT2D eigenvalue weighted by atomic mass is 10.2. The van der Waals surface area contributed by atoms with Crippen LogP contribution < -0.4 is 9.47 Å². The molecule has 0 unspecified atom stereocenters. The fraction of sp³-hybridized carbons (Fsp3) is 0.562. The number of amides is 1. The van der Waals surface area contributed by atoms with Gasteiger partial charge in [-0.15, -0.1) is 0 Å². The Morgan fingerprint density at radius 2 is 1.76 bits per heavy atom. The first kappa shape index (κ1) is 19.3. The van der Waals surface area contributed by atoms with Gasteiger partial charge in [-0.25, -0.2) is 13.2 Å². The molecule has 0 N–H and O–H groups in total. The molecule has 0 radical (unpaired) electrons. The standard InChI is InChI=1S/C16H24N2O6S/c1-5-24-16(19)17-8-10-18(11-9-17)25(20,21)14-7-6-13(22-3)12(2)15(14)23-4/h6-7H,5,8-11H2,1-4H3. The Balaban J connectivity index is 2.23. The second-order valence-electron chi connectivity index (χ2n) is 5.51. The van der Waals surface area contributed by atoms with Crippen LogP contribution in [0.5, 0.6) is 11.5 Å². The number of carbonyl (C=O) groups excluding carboxylic acids is 1. The van der Waals surface area contributed by atoms with Gasteiger partial charge in [-0.2, -0.15) is 4.31 Å². The maximum absolute atomic E-state index is 13.0. The van der Waals surface area contributed by atoms with Crippen LogP contribution in [0.3, 0.4) is 0 Å². The van der Waals surface area contributed by atoms with Crippen molar-refractivity contribution in [2.45, 2.75) is 18.7 Å². The molecule has 8 nitrogen and oxygen atoms in total. The van der Waals surface area contributed by atoms with Crippen molar-refractivity contribution in [2.75, 3.05) is 47.0 Å². The molecule has 1 aliphatic rings. The SMILES string of the molecule is CCOC(=O)N1CCN(S(=O)(=O)c2ccc(OC)c(C)c2OC)CC1. The minimum absolute atomic E-state index is 0.0953. The second-order valence-corrected chi connectivity index (χ2v) is 7.42. The zero-order valence-electron chi connectivity index (χ0n) is 14.9. The van der Waals surface area contributed by atoms with E-state index >= 15 is 0 Å². The van der Waals surface area contributed by atoms with Crippen molar-refractivity contribution >= 4 is 16.1 Å². The predicted octanol–water partition coefficient (Wildman–Crippen LogP) is 1.48. The lowest BCUT2D eigenvalue weighted by Crippen LogP contribution is -2.50. The third kappa shape index (κ3) is 3.82. The Labute approximate surface area is 148 Å². The molecule has 0 aliphatic carbocycles. The number of piperazine rings is 1. The van der Waals surface area contributed by atoms with Crippen LogP contribution in [0.4, 0.5) is 4.79 Å². The highest BCUT2D eigenvalue weighted by Gasteiger charge is 2.33. The Kier molecular flexibility index (Phi) is 6.12. The molecule has 2 rings (SSSR count). The molecule has 1 fully saturated rings. The highest BCUT2D eigenvalue weighted by Crippen LogP contribution is 2.35. The summed E-state index contributed by atoms with van der Waals surface area (Å²) in [7, 11) is -0.791. The summed E-state index contributed by atoms with van der Waals surface area (Å²) < 4.78 is 42.8. The van der Waals surface area contributed by atoms with Crippen LogP contribution in [0, 0.1) is 6.92 Å². The largest absolute Gasteiger partial charge is 0.496 e. The van der Waals surface area contributed by atoms with Crippen LogP contribution in [0.1, 0.15) is 12.5 Å². The van der Waals surface area contributed by atoms with Crippen LogP contribution in [0.15, 0.2) is 17.0 Å². The maximum Gasteiger partial charge on any atom is 0.409 e. The second kappa shape index (κ2) is 7.92. The quantitative estimate of drug-likeness (QED) is 0.778. The van der Waals surface area contributed by atoms with E-state index in [0.717, 1.165) is 0 Å². The Morgan fingerprint density at radius 3 is 2.28 bits per heavy atom. The molecule has 0 spiro atoms. The number of carbonyl (C=O) groups is 1. The number of hydrogen-bond acceptors (Lipinski definition) is 6. The van der Waals surface area contributed by atoms with Gasteiger partial charge < -0.3 is 19.1 Å². The van der Waals surface area contributed by atoms with E-state index in [-0.39, 0.29) is 36.8 Å². The smallest absolute Gasteiger partial charge is 0.409 e. The molecule has 1 aromatic rings. The number of benzene rings is 1. The summed E-state index contributed by atoms with van der Waals surface area (Å²) in [6.45, 7) is 4.75. The molecule has 0 bridgehead atoms. The highest BCUT2D eigenvalue weighted by atomic mass is 32.2. The van der Waals surface area contributed by atoms with E-state index in [1.165, 1.54) is 29.5 Å². The molecular formula is C16H24N2O6S. The third-order valence-electron chi connectivity index (χ3n) is 4.13. The lowest BCUT2D eigenvalue weighted by Gasteiger charge is -2.33. The van der Waals surface area contributed by atoms with Gasteiger partial charge in [0.1, 0.15) is 16.4 Å². The third-order valence-corrected chi connectivity index (χ3v) is 6.05. The first-order chi connectivity index (χ1) is 11.9. The lowest BCUT2D eigenvalue weighted by molar-refractivity contribution is 0.0934. The van der Waals surface area contributed by atoms with Crippen LogP contribution >= 0.6 is 0 Å². The molecule has 1 aliphatic heterocycles. The molecule has 25 heavy (non-hydrogen) atoms. The molecule has 1 saturated heterocycles. The number of methoxy groups -OCH3 is 2. The summed E-state index contributed by atoms with van der Waals surface area (Å²) in [4.78, 5) is 13.3. The van der Waals surface area contributed by atoms with Crippen LogP contribution in [-0.2, 0) is 14.8 Å². The fourth-order valence-electron chi connectivity index (χ4n) is 2.79. The molecule has 0 atom stereocenters. The van der Waals surface area contributed by atoms with Crippen molar-refractivity contribution in [2.24, 2.45) is 0 Å². The van der Waals surface area contributed by atoms with Crippen molar-refractivity contribution in [1.82, 2.24) is 9.21 Å². The molecule has 9 heteroatoms. The summed E-state index contributed by atoms with van der Waals surface area (Å²) >= 11 is 0. The van der Waals surface area contributed by atoms with Gasteiger partial charge >= 0.3 is 6.09 Å². The Morgan fingerprint density at radius 1 is 1.12 bits per heavy atom. The normalized spacial score (nSPS) is 15.8. The van der Waals surface area contributed by atoms with Crippen LogP contribution in [0.25, 0.3) is 0 Å². The Bertz CT molecular complexity index is 726. The van der Waals surface area contributed by atoms with Crippen molar-refractivity contribution in [3.8, 4) is 11.5 Å². The van der Waals surface area contributed by atoms with Crippen LogP contribution in [0.2, 0.25) is 0 Å². The van der Waals surface area contributed by atoms with Gasteiger partial charge in [-0.3, -0.25) is 0 Å². The van der Waals surface area contributed by atoms with E-state index in [2.05, 4.69) is 0 Å². The number of rotatable bonds is 5. The Hall–Kier alpha value is -2.00. The molecular weight excluding hydrogens is 348 g/mol. The average Bonchev–Trinajstić information content (AvgIpc) is 2.61. The fourth-order valence-corrected chi connectivity index (χ4v) is 4.42. The molecule has 1 aromatic carbocycles. The van der Waals surface area contributed by atoms with Crippen LogP contribution in [-0.4, -0.2) is 70.7 Å². The van der Waals surface area contributed by atoms with Crippen molar-refractivity contribution in [3.63, 3.8) is 0 Å². The first-order valence-corrected chi connectivity index (χ1v) is 9.44. The summed E-state index contributed by atoms with van der Waals surface area (Å²) in [5.74, 6) is 0.829. The number of hydrogen-bond donors (Lipinski definition) is 0. The first-order valence-electron chi connectivity index (χ1n) is 8.00. The molecule has 140 valence electrons. The van der Waals surface area contributed by atoms with E-state index in [0.29, 0.717) is 17.9 Å². The van der Waals surface area contributed by atoms with Gasteiger partial charge in [-0.1, -0.05) is 0 Å². The zero-order valence-corrected chi connectivity index (χ0v) is 15.8. The van der Waals surface area contributed by atoms with E-state index in [4.69, 9.17) is 14.2 Å². The minimum atomic E-state index is -3.74. The molecule has 0 aromatic heterocycles. The van der Waals surface area contributed by atoms with E-state index in [1.807, 2.05) is 0 Å². The van der Waals surface area contributed by atoms with Gasteiger partial charge in [0.15, 0.2) is 0 Å². The maximum atomic E-state index is 13.0. The minimum Gasteiger partial charge on any atom is -0.496 e. The van der Waals surface area contributed by atoms with Gasteiger partial charge in [0, 0.05) is 31.7 Å². The summed E-state index contributed by atoms with van der Waals surface area (Å²) in [6, 6.07) is 3.09. The molecule has 1 heterocycles. The predicted molar refractivity (Wildman–Crippen MR) is 91.6 cm³/mol. The topological polar surface area (TPSA) is 85.4 Å². The molecule has 1 amide bonds. The monoisotopic (exact) mass is 372 g/mol. The number of ether oxygens (including phenoxy) is 3. The highest BCUT2D eigenvalue weighted by molar-refractivity contribution is 7.89. The van der Waals surface area contributed by atoms with E-state index in [9.17, 15) is 13.2 Å². The van der Waals surface area contributed by atoms with Gasteiger partial charge in [0.25, 0.3) is 0 Å². The van der Waals surface area contributed by atoms with Crippen molar-refractivity contribution in [1.29, 1.82) is 0 Å². The zero-order chi connectivity index (χ0) is 18.6. The van der Waals surface area contributed by atoms with Crippen molar-refractivity contribution in [3.05, 3.63) is 17.7 Å². The summed E-state index contributed by atoms with van der Waals surface area (Å²) in [5, 5.41) is 0. The summed E-state index contributed by atoms with van der Waals surface area (Å²) in [5.41, 5.74) is 0.622. The average molecular weight is 372 g/mol. The molecule has 0 saturated carbocycles. The van der Waals surface area contributed by atoms with Crippen molar-refractivity contribution < 1.29 is 27.4 Å². The number of sulfonamides is 1. The summed E-state index contributed by atoms with van der Waals surface area (Å²) in [6.07, 6.45) is -0.419. The number of nitrogens with zero attached hydrogens (tertiary/aromatic N) is 2. The van der Waals surface area contributed by atoms with E-state index < -0.39 is 16.1 Å². The van der Waals surface area contributed by atoms with Gasteiger partial charge in [-0.05, 0) is 26.0 Å².